The van der Waals surface area contributed by atoms with Gasteiger partial charge in [-0.2, -0.15) is 0 Å². The summed E-state index contributed by atoms with van der Waals surface area (Å²) in [6.07, 6.45) is 0. The van der Waals surface area contributed by atoms with E-state index in [1.54, 1.807) is 0 Å². The number of benzene rings is 9. The lowest BCUT2D eigenvalue weighted by atomic mass is 10.0. The second kappa shape index (κ2) is 13.8. The predicted octanol–water partition coefficient (Wildman–Crippen LogP) is 14.5. The van der Waals surface area contributed by atoms with Crippen molar-refractivity contribution >= 4 is 54.4 Å². The first-order chi connectivity index (χ1) is 29.8. The standard InChI is InChI=1S/C56H36N4/c1-4-14-37(15-5-1)39-24-28-41(29-25-39)49-36-50(42-30-26-40(27-31-42)38-16-6-2-7-17-38)58-56(57-49)60-52-23-13-11-21-48(52)54-45-32-33-46-44-20-10-12-22-51(44)59(43-18-8-3-9-19-43)55(46)47(45)34-35-53(54)60/h1-36H. The van der Waals surface area contributed by atoms with Crippen molar-refractivity contribution in [3.05, 3.63) is 218 Å². The number of fused-ring (bicyclic) bond motifs is 9. The molecule has 0 aliphatic carbocycles. The van der Waals surface area contributed by atoms with Crippen molar-refractivity contribution in [3.8, 4) is 56.4 Å². The summed E-state index contributed by atoms with van der Waals surface area (Å²) >= 11 is 0. The van der Waals surface area contributed by atoms with Gasteiger partial charge in [-0.3, -0.25) is 4.57 Å². The topological polar surface area (TPSA) is 35.6 Å². The fourth-order valence-electron chi connectivity index (χ4n) is 9.15. The molecule has 12 aromatic rings. The maximum Gasteiger partial charge on any atom is 0.235 e. The summed E-state index contributed by atoms with van der Waals surface area (Å²) in [5.41, 5.74) is 14.2. The Morgan fingerprint density at radius 2 is 0.717 bits per heavy atom. The molecule has 0 atom stereocenters. The number of para-hydroxylation sites is 3. The van der Waals surface area contributed by atoms with E-state index >= 15 is 0 Å². The van der Waals surface area contributed by atoms with Gasteiger partial charge in [0.25, 0.3) is 0 Å². The Labute approximate surface area is 346 Å². The number of hydrogen-bond donors (Lipinski definition) is 0. The van der Waals surface area contributed by atoms with E-state index in [1.807, 2.05) is 0 Å². The summed E-state index contributed by atoms with van der Waals surface area (Å²) in [7, 11) is 0. The largest absolute Gasteiger partial charge is 0.309 e. The lowest BCUT2D eigenvalue weighted by molar-refractivity contribution is 0.996. The Morgan fingerprint density at radius 3 is 1.32 bits per heavy atom. The Hall–Kier alpha value is -8.08. The van der Waals surface area contributed by atoms with E-state index in [2.05, 4.69) is 228 Å². The van der Waals surface area contributed by atoms with Gasteiger partial charge >= 0.3 is 0 Å². The molecule has 0 N–H and O–H groups in total. The van der Waals surface area contributed by atoms with Gasteiger partial charge in [0, 0.05) is 43.7 Å². The van der Waals surface area contributed by atoms with Crippen molar-refractivity contribution in [3.63, 3.8) is 0 Å². The normalized spacial score (nSPS) is 11.7. The van der Waals surface area contributed by atoms with Gasteiger partial charge < -0.3 is 4.57 Å². The molecule has 0 bridgehead atoms. The highest BCUT2D eigenvalue weighted by Crippen LogP contribution is 2.42. The van der Waals surface area contributed by atoms with E-state index in [9.17, 15) is 0 Å². The fraction of sp³-hybridized carbons (Fsp3) is 0. The number of nitrogens with zero attached hydrogens (tertiary/aromatic N) is 4. The van der Waals surface area contributed by atoms with Crippen LogP contribution in [0, 0.1) is 0 Å². The predicted molar refractivity (Wildman–Crippen MR) is 250 cm³/mol. The summed E-state index contributed by atoms with van der Waals surface area (Å²) in [5, 5.41) is 7.23. The van der Waals surface area contributed by atoms with Gasteiger partial charge in [0.2, 0.25) is 5.95 Å². The van der Waals surface area contributed by atoms with Crippen LogP contribution in [-0.2, 0) is 0 Å². The van der Waals surface area contributed by atoms with Crippen LogP contribution < -0.4 is 0 Å². The molecule has 280 valence electrons. The third-order valence-electron chi connectivity index (χ3n) is 12.0. The van der Waals surface area contributed by atoms with Gasteiger partial charge in [0.05, 0.1) is 33.5 Å². The van der Waals surface area contributed by atoms with E-state index in [0.717, 1.165) is 44.6 Å². The smallest absolute Gasteiger partial charge is 0.235 e. The molecule has 4 nitrogen and oxygen atoms in total. The monoisotopic (exact) mass is 764 g/mol. The van der Waals surface area contributed by atoms with Crippen LogP contribution in [0.2, 0.25) is 0 Å². The third kappa shape index (κ3) is 5.46. The van der Waals surface area contributed by atoms with Gasteiger partial charge in [-0.05, 0) is 64.0 Å². The Morgan fingerprint density at radius 1 is 0.283 bits per heavy atom. The molecule has 0 saturated heterocycles. The average Bonchev–Trinajstić information content (AvgIpc) is 3.86. The van der Waals surface area contributed by atoms with Crippen LogP contribution in [0.15, 0.2) is 218 Å². The first-order valence-corrected chi connectivity index (χ1v) is 20.4. The Balaban J connectivity index is 1.10. The molecule has 60 heavy (non-hydrogen) atoms. The summed E-state index contributed by atoms with van der Waals surface area (Å²) in [5.74, 6) is 0.631. The summed E-state index contributed by atoms with van der Waals surface area (Å²) in [6.45, 7) is 0. The molecule has 0 fully saturated rings. The first kappa shape index (κ1) is 34.0. The molecule has 9 aromatic carbocycles. The molecular weight excluding hydrogens is 729 g/mol. The molecule has 3 aromatic heterocycles. The second-order valence-corrected chi connectivity index (χ2v) is 15.4. The molecule has 0 aliphatic rings. The van der Waals surface area contributed by atoms with Gasteiger partial charge in [0.15, 0.2) is 0 Å². The molecule has 0 unspecified atom stereocenters. The van der Waals surface area contributed by atoms with Crippen LogP contribution in [0.1, 0.15) is 0 Å². The zero-order valence-electron chi connectivity index (χ0n) is 32.6. The lowest BCUT2D eigenvalue weighted by Gasteiger charge is -2.13. The van der Waals surface area contributed by atoms with Gasteiger partial charge in [-0.25, -0.2) is 9.97 Å². The SMILES string of the molecule is c1ccc(-c2ccc(-c3cc(-c4ccc(-c5ccccc5)cc4)nc(-n4c5ccccc5c5c6ccc7c8ccccc8n(-c8ccccc8)c7c6ccc54)n3)cc2)cc1. The van der Waals surface area contributed by atoms with Crippen molar-refractivity contribution in [2.75, 3.05) is 0 Å². The number of aromatic nitrogens is 4. The molecule has 4 heteroatoms. The van der Waals surface area contributed by atoms with E-state index in [1.165, 1.54) is 60.2 Å². The van der Waals surface area contributed by atoms with Crippen molar-refractivity contribution < 1.29 is 0 Å². The highest BCUT2D eigenvalue weighted by Gasteiger charge is 2.21. The second-order valence-electron chi connectivity index (χ2n) is 15.4. The minimum Gasteiger partial charge on any atom is -0.309 e. The highest BCUT2D eigenvalue weighted by molar-refractivity contribution is 6.27. The maximum atomic E-state index is 5.40. The number of rotatable bonds is 6. The van der Waals surface area contributed by atoms with E-state index < -0.39 is 0 Å². The van der Waals surface area contributed by atoms with Crippen LogP contribution in [0.25, 0.3) is 111 Å². The van der Waals surface area contributed by atoms with Gasteiger partial charge in [-0.1, -0.05) is 182 Å². The van der Waals surface area contributed by atoms with Crippen LogP contribution >= 0.6 is 0 Å². The Kier molecular flexibility index (Phi) is 7.82. The molecule has 0 saturated carbocycles. The van der Waals surface area contributed by atoms with Crippen LogP contribution in [-0.4, -0.2) is 19.1 Å². The summed E-state index contributed by atoms with van der Waals surface area (Å²) in [6, 6.07) is 77.8. The zero-order chi connectivity index (χ0) is 39.6. The third-order valence-corrected chi connectivity index (χ3v) is 12.0. The van der Waals surface area contributed by atoms with Crippen molar-refractivity contribution in [1.29, 1.82) is 0 Å². The number of hydrogen-bond acceptors (Lipinski definition) is 2. The summed E-state index contributed by atoms with van der Waals surface area (Å²) in [4.78, 5) is 10.8. The van der Waals surface area contributed by atoms with E-state index in [4.69, 9.17) is 9.97 Å². The minimum absolute atomic E-state index is 0.631. The van der Waals surface area contributed by atoms with Crippen LogP contribution in [0.3, 0.4) is 0 Å². The lowest BCUT2D eigenvalue weighted by Crippen LogP contribution is -2.04. The average molecular weight is 765 g/mol. The molecule has 0 aliphatic heterocycles. The van der Waals surface area contributed by atoms with E-state index in [-0.39, 0.29) is 0 Å². The molecule has 3 heterocycles. The van der Waals surface area contributed by atoms with Crippen LogP contribution in [0.4, 0.5) is 0 Å². The molecule has 12 rings (SSSR count). The molecular formula is C56H36N4. The molecule has 0 spiro atoms. The maximum absolute atomic E-state index is 5.40. The molecule has 0 amide bonds. The van der Waals surface area contributed by atoms with Crippen molar-refractivity contribution in [2.45, 2.75) is 0 Å². The highest BCUT2D eigenvalue weighted by atomic mass is 15.2. The van der Waals surface area contributed by atoms with Crippen molar-refractivity contribution in [1.82, 2.24) is 19.1 Å². The molecule has 0 radical (unpaired) electrons. The van der Waals surface area contributed by atoms with E-state index in [0.29, 0.717) is 5.95 Å². The quantitative estimate of drug-likeness (QED) is 0.169. The first-order valence-electron chi connectivity index (χ1n) is 20.4. The Bertz CT molecular complexity index is 3450. The van der Waals surface area contributed by atoms with Gasteiger partial charge in [-0.15, -0.1) is 0 Å². The fourth-order valence-corrected chi connectivity index (χ4v) is 9.15. The zero-order valence-corrected chi connectivity index (χ0v) is 32.6. The van der Waals surface area contributed by atoms with Crippen molar-refractivity contribution in [2.24, 2.45) is 0 Å². The van der Waals surface area contributed by atoms with Gasteiger partial charge in [0.1, 0.15) is 0 Å². The van der Waals surface area contributed by atoms with Crippen LogP contribution in [0.5, 0.6) is 0 Å². The summed E-state index contributed by atoms with van der Waals surface area (Å²) < 4.78 is 4.67. The minimum atomic E-state index is 0.631.